The van der Waals surface area contributed by atoms with E-state index >= 15 is 0 Å². The first-order valence-corrected chi connectivity index (χ1v) is 5.42. The summed E-state index contributed by atoms with van der Waals surface area (Å²) in [6.45, 7) is 0.143. The van der Waals surface area contributed by atoms with Crippen LogP contribution in [0.5, 0.6) is 0 Å². The Bertz CT molecular complexity index is 436. The van der Waals surface area contributed by atoms with Crippen molar-refractivity contribution in [3.8, 4) is 0 Å². The first kappa shape index (κ1) is 14.7. The van der Waals surface area contributed by atoms with Crippen LogP contribution < -0.4 is 0 Å². The Morgan fingerprint density at radius 2 is 1.63 bits per heavy atom. The number of hydrogen-bond acceptors (Lipinski definition) is 4. The van der Waals surface area contributed by atoms with E-state index in [0.29, 0.717) is 4.90 Å². The first-order valence-electron chi connectivity index (χ1n) is 5.42. The summed E-state index contributed by atoms with van der Waals surface area (Å²) < 4.78 is 0. The second-order valence-corrected chi connectivity index (χ2v) is 4.35. The molecule has 0 saturated carbocycles. The maximum atomic E-state index is 11.4. The standard InChI is InChI=1S/C10H14N2O7/c1-6(13)4-10(7(14)15)5-11(8(16)17)2-3-12(10)9(18)19/h2-5H2,1H3,(H,14,15)(H,16,17)(H,18,19). The molecule has 0 spiro atoms. The average molecular weight is 274 g/mol. The fraction of sp³-hybridized carbons (Fsp3) is 0.600. The Balaban J connectivity index is 3.21. The molecule has 1 atom stereocenters. The Morgan fingerprint density at radius 3 is 2.00 bits per heavy atom. The third kappa shape index (κ3) is 2.75. The number of carboxylic acids is 1. The van der Waals surface area contributed by atoms with E-state index in [1.54, 1.807) is 0 Å². The highest BCUT2D eigenvalue weighted by atomic mass is 16.4. The summed E-state index contributed by atoms with van der Waals surface area (Å²) in [4.78, 5) is 46.1. The van der Waals surface area contributed by atoms with Crippen molar-refractivity contribution in [2.75, 3.05) is 19.6 Å². The fourth-order valence-electron chi connectivity index (χ4n) is 2.18. The molecule has 1 fully saturated rings. The zero-order valence-corrected chi connectivity index (χ0v) is 10.2. The smallest absolute Gasteiger partial charge is 0.408 e. The van der Waals surface area contributed by atoms with Crippen molar-refractivity contribution in [1.82, 2.24) is 9.80 Å². The number of rotatable bonds is 3. The van der Waals surface area contributed by atoms with Crippen molar-refractivity contribution in [1.29, 1.82) is 0 Å². The van der Waals surface area contributed by atoms with Gasteiger partial charge in [-0.15, -0.1) is 0 Å². The number of carbonyl (C=O) groups excluding carboxylic acids is 1. The molecule has 0 aromatic heterocycles. The molecule has 1 saturated heterocycles. The summed E-state index contributed by atoms with van der Waals surface area (Å²) in [6.07, 6.45) is -3.41. The van der Waals surface area contributed by atoms with Crippen LogP contribution in [0.15, 0.2) is 0 Å². The molecule has 0 aromatic rings. The molecule has 3 N–H and O–H groups in total. The van der Waals surface area contributed by atoms with Gasteiger partial charge < -0.3 is 20.2 Å². The number of nitrogens with zero attached hydrogens (tertiary/aromatic N) is 2. The van der Waals surface area contributed by atoms with Gasteiger partial charge in [0.25, 0.3) is 0 Å². The summed E-state index contributed by atoms with van der Waals surface area (Å²) in [6, 6.07) is 0. The van der Waals surface area contributed by atoms with Crippen molar-refractivity contribution < 1.29 is 34.5 Å². The monoisotopic (exact) mass is 274 g/mol. The minimum absolute atomic E-state index is 0.130. The van der Waals surface area contributed by atoms with Crippen LogP contribution in [0.1, 0.15) is 13.3 Å². The molecule has 0 aromatic carbocycles. The minimum atomic E-state index is -2.06. The molecule has 106 valence electrons. The van der Waals surface area contributed by atoms with Gasteiger partial charge in [0.15, 0.2) is 5.54 Å². The molecule has 2 amide bonds. The Labute approximate surface area is 108 Å². The van der Waals surface area contributed by atoms with E-state index in [-0.39, 0.29) is 13.1 Å². The topological polar surface area (TPSA) is 135 Å². The molecule has 1 aliphatic rings. The van der Waals surface area contributed by atoms with E-state index in [0.717, 1.165) is 11.8 Å². The van der Waals surface area contributed by atoms with Crippen LogP contribution >= 0.6 is 0 Å². The average Bonchev–Trinajstić information content (AvgIpc) is 2.26. The molecule has 1 heterocycles. The number of carboxylic acid groups (broad SMARTS) is 3. The van der Waals surface area contributed by atoms with Crippen LogP contribution in [-0.2, 0) is 9.59 Å². The maximum Gasteiger partial charge on any atom is 0.408 e. The molecule has 1 aliphatic heterocycles. The minimum Gasteiger partial charge on any atom is -0.479 e. The lowest BCUT2D eigenvalue weighted by molar-refractivity contribution is -0.156. The maximum absolute atomic E-state index is 11.4. The van der Waals surface area contributed by atoms with Crippen LogP contribution in [0.2, 0.25) is 0 Å². The lowest BCUT2D eigenvalue weighted by Gasteiger charge is -2.45. The van der Waals surface area contributed by atoms with Crippen LogP contribution in [0.25, 0.3) is 0 Å². The Morgan fingerprint density at radius 1 is 1.05 bits per heavy atom. The van der Waals surface area contributed by atoms with E-state index in [4.69, 9.17) is 10.2 Å². The predicted molar refractivity (Wildman–Crippen MR) is 60.0 cm³/mol. The van der Waals surface area contributed by atoms with Crippen LogP contribution in [0, 0.1) is 0 Å². The third-order valence-corrected chi connectivity index (χ3v) is 3.00. The van der Waals surface area contributed by atoms with Gasteiger partial charge in [0.05, 0.1) is 6.54 Å². The summed E-state index contributed by atoms with van der Waals surface area (Å²) >= 11 is 0. The molecular formula is C10H14N2O7. The van der Waals surface area contributed by atoms with Gasteiger partial charge in [0.1, 0.15) is 5.78 Å². The quantitative estimate of drug-likeness (QED) is 0.646. The molecule has 9 heteroatoms. The van der Waals surface area contributed by atoms with E-state index in [2.05, 4.69) is 0 Å². The van der Waals surface area contributed by atoms with Crippen molar-refractivity contribution in [3.63, 3.8) is 0 Å². The van der Waals surface area contributed by atoms with Crippen LogP contribution in [-0.4, -0.2) is 74.2 Å². The normalized spacial score (nSPS) is 23.0. The van der Waals surface area contributed by atoms with Crippen molar-refractivity contribution in [2.45, 2.75) is 18.9 Å². The van der Waals surface area contributed by atoms with Gasteiger partial charge in [-0.3, -0.25) is 9.69 Å². The lowest BCUT2D eigenvalue weighted by Crippen LogP contribution is -2.68. The zero-order chi connectivity index (χ0) is 14.8. The van der Waals surface area contributed by atoms with Crippen LogP contribution in [0.3, 0.4) is 0 Å². The third-order valence-electron chi connectivity index (χ3n) is 3.00. The highest BCUT2D eigenvalue weighted by Crippen LogP contribution is 2.27. The van der Waals surface area contributed by atoms with Gasteiger partial charge in [-0.25, -0.2) is 14.4 Å². The van der Waals surface area contributed by atoms with Gasteiger partial charge in [-0.1, -0.05) is 0 Å². The van der Waals surface area contributed by atoms with E-state index in [9.17, 15) is 24.3 Å². The number of piperazine rings is 1. The number of Topliss-reactive ketones (excluding diaryl/α,β-unsaturated/α-hetero) is 1. The van der Waals surface area contributed by atoms with Crippen molar-refractivity contribution in [3.05, 3.63) is 0 Å². The number of amides is 2. The fourth-order valence-corrected chi connectivity index (χ4v) is 2.18. The van der Waals surface area contributed by atoms with E-state index in [1.165, 1.54) is 0 Å². The molecule has 1 rings (SSSR count). The molecule has 9 nitrogen and oxygen atoms in total. The Hall–Kier alpha value is -2.32. The lowest BCUT2D eigenvalue weighted by atomic mass is 9.88. The number of carbonyl (C=O) groups is 4. The van der Waals surface area contributed by atoms with Crippen molar-refractivity contribution >= 4 is 23.9 Å². The van der Waals surface area contributed by atoms with E-state index < -0.39 is 42.4 Å². The van der Waals surface area contributed by atoms with Gasteiger partial charge in [0, 0.05) is 19.5 Å². The van der Waals surface area contributed by atoms with Gasteiger partial charge in [0.2, 0.25) is 0 Å². The highest BCUT2D eigenvalue weighted by Gasteiger charge is 2.52. The van der Waals surface area contributed by atoms with Gasteiger partial charge in [-0.05, 0) is 6.92 Å². The second-order valence-electron chi connectivity index (χ2n) is 4.35. The largest absolute Gasteiger partial charge is 0.479 e. The highest BCUT2D eigenvalue weighted by molar-refractivity contribution is 5.91. The van der Waals surface area contributed by atoms with Gasteiger partial charge >= 0.3 is 18.2 Å². The Kier molecular flexibility index (Phi) is 3.98. The number of aliphatic carboxylic acids is 1. The van der Waals surface area contributed by atoms with Gasteiger partial charge in [-0.2, -0.15) is 0 Å². The second kappa shape index (κ2) is 5.12. The van der Waals surface area contributed by atoms with Crippen LogP contribution in [0.4, 0.5) is 9.59 Å². The summed E-state index contributed by atoms with van der Waals surface area (Å²) in [5, 5.41) is 27.2. The zero-order valence-electron chi connectivity index (χ0n) is 10.2. The molecule has 0 bridgehead atoms. The SMILES string of the molecule is CC(=O)CC1(C(=O)O)CN(C(=O)O)CCN1C(=O)O. The molecule has 1 unspecified atom stereocenters. The summed E-state index contributed by atoms with van der Waals surface area (Å²) in [7, 11) is 0. The molecule has 0 radical (unpaired) electrons. The number of ketones is 1. The molecule has 0 aliphatic carbocycles. The van der Waals surface area contributed by atoms with Crippen molar-refractivity contribution in [2.24, 2.45) is 0 Å². The summed E-state index contributed by atoms with van der Waals surface area (Å²) in [5.41, 5.74) is -2.06. The number of hydrogen-bond donors (Lipinski definition) is 3. The first-order chi connectivity index (χ1) is 8.70. The molecule has 19 heavy (non-hydrogen) atoms. The molecular weight excluding hydrogens is 260 g/mol. The predicted octanol–water partition coefficient (Wildman–Crippen LogP) is -0.237. The summed E-state index contributed by atoms with van der Waals surface area (Å²) in [5.74, 6) is -2.06. The van der Waals surface area contributed by atoms with E-state index in [1.807, 2.05) is 0 Å².